The smallest absolute Gasteiger partial charge is 0.255 e. The Morgan fingerprint density at radius 3 is 2.29 bits per heavy atom. The fourth-order valence-electron chi connectivity index (χ4n) is 2.44. The van der Waals surface area contributed by atoms with Crippen molar-refractivity contribution in [2.45, 2.75) is 27.7 Å². The highest BCUT2D eigenvalue weighted by Crippen LogP contribution is 2.37. The maximum Gasteiger partial charge on any atom is 0.255 e. The van der Waals surface area contributed by atoms with E-state index in [9.17, 15) is 4.79 Å². The van der Waals surface area contributed by atoms with Gasteiger partial charge in [0.15, 0.2) is 11.5 Å². The van der Waals surface area contributed by atoms with E-state index in [1.165, 1.54) is 0 Å². The Bertz CT molecular complexity index is 723. The third-order valence-electron chi connectivity index (χ3n) is 3.58. The average molecular weight is 392 g/mol. The van der Waals surface area contributed by atoms with Gasteiger partial charge in [-0.15, -0.1) is 0 Å². The van der Waals surface area contributed by atoms with Crippen LogP contribution in [0.15, 0.2) is 34.8 Å². The molecule has 0 spiro atoms. The molecule has 0 atom stereocenters. The van der Waals surface area contributed by atoms with Crippen LogP contribution in [0.1, 0.15) is 35.3 Å². The van der Waals surface area contributed by atoms with Gasteiger partial charge in [-0.25, -0.2) is 0 Å². The zero-order valence-corrected chi connectivity index (χ0v) is 16.0. The molecule has 0 saturated carbocycles. The van der Waals surface area contributed by atoms with Gasteiger partial charge in [0.2, 0.25) is 0 Å². The van der Waals surface area contributed by atoms with E-state index in [0.29, 0.717) is 34.7 Å². The van der Waals surface area contributed by atoms with Crippen molar-refractivity contribution in [2.75, 3.05) is 18.5 Å². The molecule has 0 unspecified atom stereocenters. The first-order valence-electron chi connectivity index (χ1n) is 7.94. The standard InChI is InChI=1S/C19H22BrNO3/c1-5-23-16-11-14(10-15(20)18(16)24-6-2)19(22)21-17-12(3)8-7-9-13(17)4/h7-11H,5-6H2,1-4H3,(H,21,22). The van der Waals surface area contributed by atoms with Crippen LogP contribution in [-0.2, 0) is 0 Å². The minimum Gasteiger partial charge on any atom is -0.490 e. The van der Waals surface area contributed by atoms with Crippen LogP contribution < -0.4 is 14.8 Å². The van der Waals surface area contributed by atoms with E-state index in [1.807, 2.05) is 45.9 Å². The van der Waals surface area contributed by atoms with Crippen molar-refractivity contribution in [2.24, 2.45) is 0 Å². The summed E-state index contributed by atoms with van der Waals surface area (Å²) in [6.07, 6.45) is 0. The molecule has 2 aromatic rings. The highest BCUT2D eigenvalue weighted by Gasteiger charge is 2.17. The van der Waals surface area contributed by atoms with Gasteiger partial charge in [-0.3, -0.25) is 4.79 Å². The SMILES string of the molecule is CCOc1cc(C(=O)Nc2c(C)cccc2C)cc(Br)c1OCC. The first-order valence-corrected chi connectivity index (χ1v) is 8.73. The molecule has 5 heteroatoms. The fraction of sp³-hybridized carbons (Fsp3) is 0.316. The Morgan fingerprint density at radius 1 is 1.08 bits per heavy atom. The predicted molar refractivity (Wildman–Crippen MR) is 100 cm³/mol. The van der Waals surface area contributed by atoms with Crippen molar-refractivity contribution in [3.05, 3.63) is 51.5 Å². The lowest BCUT2D eigenvalue weighted by Crippen LogP contribution is -2.14. The third-order valence-corrected chi connectivity index (χ3v) is 4.17. The number of carbonyl (C=O) groups is 1. The van der Waals surface area contributed by atoms with Gasteiger partial charge in [-0.2, -0.15) is 0 Å². The van der Waals surface area contributed by atoms with Gasteiger partial charge in [0.05, 0.1) is 17.7 Å². The van der Waals surface area contributed by atoms with Crippen LogP contribution >= 0.6 is 15.9 Å². The van der Waals surface area contributed by atoms with Gasteiger partial charge < -0.3 is 14.8 Å². The first-order chi connectivity index (χ1) is 11.5. The summed E-state index contributed by atoms with van der Waals surface area (Å²) >= 11 is 3.47. The molecule has 0 bridgehead atoms. The van der Waals surface area contributed by atoms with Crippen LogP contribution in [0.4, 0.5) is 5.69 Å². The summed E-state index contributed by atoms with van der Waals surface area (Å²) in [5.74, 6) is 0.987. The average Bonchev–Trinajstić information content (AvgIpc) is 2.54. The summed E-state index contributed by atoms with van der Waals surface area (Å²) in [5.41, 5.74) is 3.40. The second-order valence-corrected chi connectivity index (χ2v) is 6.23. The molecule has 128 valence electrons. The van der Waals surface area contributed by atoms with E-state index in [0.717, 1.165) is 16.8 Å². The maximum absolute atomic E-state index is 12.7. The molecule has 0 aliphatic heterocycles. The molecule has 0 aliphatic carbocycles. The van der Waals surface area contributed by atoms with Crippen molar-refractivity contribution in [1.29, 1.82) is 0 Å². The Kier molecular flexibility index (Phi) is 6.26. The summed E-state index contributed by atoms with van der Waals surface area (Å²) in [4.78, 5) is 12.7. The van der Waals surface area contributed by atoms with E-state index >= 15 is 0 Å². The second-order valence-electron chi connectivity index (χ2n) is 5.37. The number of anilines is 1. The molecule has 0 aliphatic rings. The summed E-state index contributed by atoms with van der Waals surface area (Å²) in [7, 11) is 0. The van der Waals surface area contributed by atoms with Crippen molar-refractivity contribution in [3.8, 4) is 11.5 Å². The monoisotopic (exact) mass is 391 g/mol. The largest absolute Gasteiger partial charge is 0.490 e. The zero-order valence-electron chi connectivity index (χ0n) is 14.4. The van der Waals surface area contributed by atoms with E-state index in [4.69, 9.17) is 9.47 Å². The Balaban J connectivity index is 2.36. The number of ether oxygens (including phenoxy) is 2. The lowest BCUT2D eigenvalue weighted by molar-refractivity contribution is 0.102. The molecular weight excluding hydrogens is 370 g/mol. The number of nitrogens with one attached hydrogen (secondary N) is 1. The van der Waals surface area contributed by atoms with Crippen molar-refractivity contribution in [1.82, 2.24) is 0 Å². The summed E-state index contributed by atoms with van der Waals surface area (Å²) in [6.45, 7) is 8.77. The molecular formula is C19H22BrNO3. The Morgan fingerprint density at radius 2 is 1.71 bits per heavy atom. The summed E-state index contributed by atoms with van der Waals surface area (Å²) < 4.78 is 11.9. The van der Waals surface area contributed by atoms with Gasteiger partial charge in [-0.1, -0.05) is 18.2 Å². The topological polar surface area (TPSA) is 47.6 Å². The van der Waals surface area contributed by atoms with Gasteiger partial charge in [0.25, 0.3) is 5.91 Å². The minimum absolute atomic E-state index is 0.183. The number of carbonyl (C=O) groups excluding carboxylic acids is 1. The van der Waals surface area contributed by atoms with Crippen molar-refractivity contribution >= 4 is 27.5 Å². The molecule has 0 heterocycles. The van der Waals surface area contributed by atoms with E-state index in [1.54, 1.807) is 12.1 Å². The molecule has 4 nitrogen and oxygen atoms in total. The number of hydrogen-bond donors (Lipinski definition) is 1. The van der Waals surface area contributed by atoms with Crippen LogP contribution in [0.2, 0.25) is 0 Å². The van der Waals surface area contributed by atoms with Gasteiger partial charge in [0, 0.05) is 11.3 Å². The van der Waals surface area contributed by atoms with Gasteiger partial charge in [0.1, 0.15) is 0 Å². The Hall–Kier alpha value is -2.01. The summed E-state index contributed by atoms with van der Waals surface area (Å²) in [5, 5.41) is 2.99. The molecule has 2 aromatic carbocycles. The molecule has 0 aromatic heterocycles. The minimum atomic E-state index is -0.183. The molecule has 1 N–H and O–H groups in total. The van der Waals surface area contributed by atoms with E-state index < -0.39 is 0 Å². The molecule has 1 amide bonds. The van der Waals surface area contributed by atoms with Crippen LogP contribution in [-0.4, -0.2) is 19.1 Å². The van der Waals surface area contributed by atoms with Gasteiger partial charge >= 0.3 is 0 Å². The van der Waals surface area contributed by atoms with Crippen LogP contribution in [0.3, 0.4) is 0 Å². The lowest BCUT2D eigenvalue weighted by Gasteiger charge is -2.15. The molecule has 24 heavy (non-hydrogen) atoms. The number of rotatable bonds is 6. The maximum atomic E-state index is 12.7. The molecule has 0 saturated heterocycles. The molecule has 0 fully saturated rings. The number of para-hydroxylation sites is 1. The van der Waals surface area contributed by atoms with Crippen LogP contribution in [0.5, 0.6) is 11.5 Å². The number of aryl methyl sites for hydroxylation is 2. The fourth-order valence-corrected chi connectivity index (χ4v) is 3.00. The normalized spacial score (nSPS) is 10.4. The van der Waals surface area contributed by atoms with Crippen LogP contribution in [0.25, 0.3) is 0 Å². The number of benzene rings is 2. The first kappa shape index (κ1) is 18.3. The van der Waals surface area contributed by atoms with Crippen molar-refractivity contribution in [3.63, 3.8) is 0 Å². The summed E-state index contributed by atoms with van der Waals surface area (Å²) in [6, 6.07) is 9.38. The zero-order chi connectivity index (χ0) is 17.7. The predicted octanol–water partition coefficient (Wildman–Crippen LogP) is 5.12. The quantitative estimate of drug-likeness (QED) is 0.743. The van der Waals surface area contributed by atoms with Gasteiger partial charge in [-0.05, 0) is 66.9 Å². The highest BCUT2D eigenvalue weighted by atomic mass is 79.9. The number of amides is 1. The number of hydrogen-bond acceptors (Lipinski definition) is 3. The Labute approximate surface area is 151 Å². The lowest BCUT2D eigenvalue weighted by atomic mass is 10.1. The van der Waals surface area contributed by atoms with E-state index in [2.05, 4.69) is 21.2 Å². The van der Waals surface area contributed by atoms with Crippen molar-refractivity contribution < 1.29 is 14.3 Å². The van der Waals surface area contributed by atoms with E-state index in [-0.39, 0.29) is 5.91 Å². The second kappa shape index (κ2) is 8.20. The molecule has 2 rings (SSSR count). The molecule has 0 radical (unpaired) electrons. The third kappa shape index (κ3) is 4.09. The number of halogens is 1. The van der Waals surface area contributed by atoms with Crippen LogP contribution in [0, 0.1) is 13.8 Å². The highest BCUT2D eigenvalue weighted by molar-refractivity contribution is 9.10.